The summed E-state index contributed by atoms with van der Waals surface area (Å²) in [6, 6.07) is 0. The second kappa shape index (κ2) is 5.17. The molecule has 3 nitrogen and oxygen atoms in total. The third kappa shape index (κ3) is 3.30. The SMILES string of the molecule is CCCCCSc1nn(C)cc1N. The van der Waals surface area contributed by atoms with Gasteiger partial charge in [-0.1, -0.05) is 19.8 Å². The van der Waals surface area contributed by atoms with Crippen LogP contribution in [0.15, 0.2) is 11.2 Å². The standard InChI is InChI=1S/C9H17N3S/c1-3-4-5-6-13-9-8(10)7-12(2)11-9/h7H,3-6,10H2,1-2H3. The van der Waals surface area contributed by atoms with E-state index in [-0.39, 0.29) is 0 Å². The third-order valence-electron chi connectivity index (χ3n) is 1.81. The molecule has 0 fully saturated rings. The number of thioether (sulfide) groups is 1. The van der Waals surface area contributed by atoms with E-state index in [0.29, 0.717) is 0 Å². The Labute approximate surface area is 83.7 Å². The van der Waals surface area contributed by atoms with Gasteiger partial charge in [-0.25, -0.2) is 0 Å². The van der Waals surface area contributed by atoms with Crippen molar-refractivity contribution < 1.29 is 0 Å². The first-order valence-corrected chi connectivity index (χ1v) is 5.64. The molecule has 0 unspecified atom stereocenters. The fourth-order valence-corrected chi connectivity index (χ4v) is 2.07. The molecular formula is C9H17N3S. The fraction of sp³-hybridized carbons (Fsp3) is 0.667. The highest BCUT2D eigenvalue weighted by molar-refractivity contribution is 7.99. The van der Waals surface area contributed by atoms with Crippen molar-refractivity contribution in [3.8, 4) is 0 Å². The highest BCUT2D eigenvalue weighted by atomic mass is 32.2. The number of aromatic nitrogens is 2. The van der Waals surface area contributed by atoms with Gasteiger partial charge in [0.1, 0.15) is 5.03 Å². The molecule has 0 aliphatic heterocycles. The van der Waals surface area contributed by atoms with Crippen molar-refractivity contribution in [2.24, 2.45) is 7.05 Å². The molecule has 0 aliphatic carbocycles. The Hall–Kier alpha value is -0.640. The van der Waals surface area contributed by atoms with E-state index in [2.05, 4.69) is 12.0 Å². The number of hydrogen-bond acceptors (Lipinski definition) is 3. The highest BCUT2D eigenvalue weighted by Crippen LogP contribution is 2.23. The molecule has 0 spiro atoms. The average Bonchev–Trinajstić information content (AvgIpc) is 2.39. The summed E-state index contributed by atoms with van der Waals surface area (Å²) in [4.78, 5) is 0. The smallest absolute Gasteiger partial charge is 0.141 e. The van der Waals surface area contributed by atoms with Gasteiger partial charge in [-0.15, -0.1) is 11.8 Å². The van der Waals surface area contributed by atoms with Crippen LogP contribution in [-0.2, 0) is 7.05 Å². The first-order valence-electron chi connectivity index (χ1n) is 4.66. The Morgan fingerprint density at radius 3 is 2.85 bits per heavy atom. The van der Waals surface area contributed by atoms with Crippen molar-refractivity contribution in [3.05, 3.63) is 6.20 Å². The summed E-state index contributed by atoms with van der Waals surface area (Å²) in [5.41, 5.74) is 6.55. The van der Waals surface area contributed by atoms with Crippen LogP contribution in [0.25, 0.3) is 0 Å². The van der Waals surface area contributed by atoms with E-state index >= 15 is 0 Å². The first-order chi connectivity index (χ1) is 6.24. The Bertz CT molecular complexity index is 257. The van der Waals surface area contributed by atoms with Crippen molar-refractivity contribution in [2.75, 3.05) is 11.5 Å². The summed E-state index contributed by atoms with van der Waals surface area (Å²) < 4.78 is 1.76. The van der Waals surface area contributed by atoms with Gasteiger partial charge in [0.05, 0.1) is 5.69 Å². The summed E-state index contributed by atoms with van der Waals surface area (Å²) in [5, 5.41) is 5.23. The molecule has 0 saturated heterocycles. The molecule has 0 bridgehead atoms. The number of hydrogen-bond donors (Lipinski definition) is 1. The zero-order valence-corrected chi connectivity index (χ0v) is 9.10. The van der Waals surface area contributed by atoms with Crippen molar-refractivity contribution in [1.29, 1.82) is 0 Å². The van der Waals surface area contributed by atoms with Gasteiger partial charge in [0.25, 0.3) is 0 Å². The van der Waals surface area contributed by atoms with Gasteiger partial charge in [-0.2, -0.15) is 5.10 Å². The fourth-order valence-electron chi connectivity index (χ4n) is 1.12. The molecule has 0 aliphatic rings. The van der Waals surface area contributed by atoms with E-state index in [1.807, 2.05) is 13.2 Å². The quantitative estimate of drug-likeness (QED) is 0.584. The lowest BCUT2D eigenvalue weighted by molar-refractivity contribution is 0.736. The van der Waals surface area contributed by atoms with Gasteiger partial charge in [-0.3, -0.25) is 4.68 Å². The van der Waals surface area contributed by atoms with Crippen LogP contribution in [0, 0.1) is 0 Å². The normalized spacial score (nSPS) is 10.6. The summed E-state index contributed by atoms with van der Waals surface area (Å²) in [5.74, 6) is 1.12. The topological polar surface area (TPSA) is 43.8 Å². The predicted molar refractivity (Wildman–Crippen MR) is 57.9 cm³/mol. The zero-order chi connectivity index (χ0) is 9.68. The Kier molecular flexibility index (Phi) is 4.15. The molecule has 13 heavy (non-hydrogen) atoms. The average molecular weight is 199 g/mol. The maximum atomic E-state index is 5.75. The molecule has 0 amide bonds. The van der Waals surface area contributed by atoms with E-state index in [1.54, 1.807) is 16.4 Å². The minimum Gasteiger partial charge on any atom is -0.395 e. The molecular weight excluding hydrogens is 182 g/mol. The van der Waals surface area contributed by atoms with Crippen molar-refractivity contribution in [1.82, 2.24) is 9.78 Å². The van der Waals surface area contributed by atoms with E-state index in [0.717, 1.165) is 16.5 Å². The Morgan fingerprint density at radius 1 is 1.54 bits per heavy atom. The van der Waals surface area contributed by atoms with E-state index in [9.17, 15) is 0 Å². The molecule has 1 aromatic heterocycles. The highest BCUT2D eigenvalue weighted by Gasteiger charge is 2.03. The Morgan fingerprint density at radius 2 is 2.31 bits per heavy atom. The van der Waals surface area contributed by atoms with Gasteiger partial charge >= 0.3 is 0 Å². The van der Waals surface area contributed by atoms with Crippen LogP contribution in [0.4, 0.5) is 5.69 Å². The van der Waals surface area contributed by atoms with E-state index in [1.165, 1.54) is 19.3 Å². The molecule has 74 valence electrons. The molecule has 2 N–H and O–H groups in total. The molecule has 0 atom stereocenters. The van der Waals surface area contributed by atoms with Gasteiger partial charge in [0.2, 0.25) is 0 Å². The molecule has 0 saturated carbocycles. The lowest BCUT2D eigenvalue weighted by atomic mass is 10.3. The number of unbranched alkanes of at least 4 members (excludes halogenated alkanes) is 2. The maximum absolute atomic E-state index is 5.75. The van der Waals surface area contributed by atoms with Gasteiger partial charge in [0, 0.05) is 13.2 Å². The van der Waals surface area contributed by atoms with Crippen LogP contribution in [0.5, 0.6) is 0 Å². The second-order valence-corrected chi connectivity index (χ2v) is 4.20. The molecule has 0 aromatic carbocycles. The summed E-state index contributed by atoms with van der Waals surface area (Å²) in [7, 11) is 1.90. The summed E-state index contributed by atoms with van der Waals surface area (Å²) in [6.07, 6.45) is 5.65. The number of nitrogens with two attached hydrogens (primary N) is 1. The zero-order valence-electron chi connectivity index (χ0n) is 8.29. The molecule has 0 radical (unpaired) electrons. The van der Waals surface area contributed by atoms with Crippen molar-refractivity contribution in [2.45, 2.75) is 31.2 Å². The predicted octanol–water partition coefficient (Wildman–Crippen LogP) is 2.28. The molecule has 4 heteroatoms. The number of nitrogens with zero attached hydrogens (tertiary/aromatic N) is 2. The molecule has 1 aromatic rings. The number of rotatable bonds is 5. The molecule has 1 rings (SSSR count). The third-order valence-corrected chi connectivity index (χ3v) is 2.89. The van der Waals surface area contributed by atoms with Crippen molar-refractivity contribution in [3.63, 3.8) is 0 Å². The van der Waals surface area contributed by atoms with Crippen LogP contribution < -0.4 is 5.73 Å². The lowest BCUT2D eigenvalue weighted by Gasteiger charge is -1.97. The van der Waals surface area contributed by atoms with E-state index in [4.69, 9.17) is 5.73 Å². The number of anilines is 1. The summed E-state index contributed by atoms with van der Waals surface area (Å²) in [6.45, 7) is 2.21. The second-order valence-electron chi connectivity index (χ2n) is 3.12. The molecule has 1 heterocycles. The van der Waals surface area contributed by atoms with Crippen LogP contribution in [0.3, 0.4) is 0 Å². The Balaban J connectivity index is 2.32. The minimum atomic E-state index is 0.795. The van der Waals surface area contributed by atoms with Crippen LogP contribution in [-0.4, -0.2) is 15.5 Å². The minimum absolute atomic E-state index is 0.795. The number of nitrogen functional groups attached to an aromatic ring is 1. The van der Waals surface area contributed by atoms with Gasteiger partial charge in [-0.05, 0) is 12.2 Å². The van der Waals surface area contributed by atoms with E-state index < -0.39 is 0 Å². The maximum Gasteiger partial charge on any atom is 0.141 e. The summed E-state index contributed by atoms with van der Waals surface area (Å²) >= 11 is 1.75. The number of aryl methyl sites for hydroxylation is 1. The van der Waals surface area contributed by atoms with Crippen molar-refractivity contribution >= 4 is 17.4 Å². The lowest BCUT2D eigenvalue weighted by Crippen LogP contribution is -1.88. The van der Waals surface area contributed by atoms with Crippen LogP contribution >= 0.6 is 11.8 Å². The first kappa shape index (κ1) is 10.4. The van der Waals surface area contributed by atoms with Crippen LogP contribution in [0.2, 0.25) is 0 Å². The van der Waals surface area contributed by atoms with Gasteiger partial charge in [0.15, 0.2) is 0 Å². The van der Waals surface area contributed by atoms with Crippen LogP contribution in [0.1, 0.15) is 26.2 Å². The largest absolute Gasteiger partial charge is 0.395 e. The van der Waals surface area contributed by atoms with Gasteiger partial charge < -0.3 is 5.73 Å². The monoisotopic (exact) mass is 199 g/mol.